The number of carbonyl (C=O) groups is 1. The minimum absolute atomic E-state index is 0.110. The maximum atomic E-state index is 12.0. The zero-order valence-electron chi connectivity index (χ0n) is 9.45. The SMILES string of the molecule is Cc1cscc1C(=O)Nc1ncc(Br)cc1C. The van der Waals surface area contributed by atoms with Gasteiger partial charge in [0.2, 0.25) is 0 Å². The van der Waals surface area contributed by atoms with Crippen molar-refractivity contribution in [2.45, 2.75) is 13.8 Å². The zero-order chi connectivity index (χ0) is 12.4. The van der Waals surface area contributed by atoms with Gasteiger partial charge in [0.1, 0.15) is 5.82 Å². The van der Waals surface area contributed by atoms with Crippen LogP contribution < -0.4 is 5.32 Å². The molecule has 0 bridgehead atoms. The molecular formula is C12H11BrN2OS. The molecule has 3 nitrogen and oxygen atoms in total. The van der Waals surface area contributed by atoms with Crippen LogP contribution in [-0.4, -0.2) is 10.9 Å². The summed E-state index contributed by atoms with van der Waals surface area (Å²) in [7, 11) is 0. The van der Waals surface area contributed by atoms with Gasteiger partial charge in [0.25, 0.3) is 5.91 Å². The summed E-state index contributed by atoms with van der Waals surface area (Å²) in [6, 6.07) is 1.92. The summed E-state index contributed by atoms with van der Waals surface area (Å²) < 4.78 is 0.903. The lowest BCUT2D eigenvalue weighted by Gasteiger charge is -2.07. The number of aromatic nitrogens is 1. The van der Waals surface area contributed by atoms with E-state index in [0.29, 0.717) is 11.4 Å². The second-order valence-electron chi connectivity index (χ2n) is 3.74. The van der Waals surface area contributed by atoms with Crippen LogP contribution in [0.3, 0.4) is 0 Å². The predicted octanol–water partition coefficient (Wildman–Crippen LogP) is 3.77. The third-order valence-electron chi connectivity index (χ3n) is 2.38. The smallest absolute Gasteiger partial charge is 0.257 e. The van der Waals surface area contributed by atoms with E-state index in [9.17, 15) is 4.79 Å². The van der Waals surface area contributed by atoms with Crippen molar-refractivity contribution in [1.82, 2.24) is 4.98 Å². The van der Waals surface area contributed by atoms with E-state index < -0.39 is 0 Å². The van der Waals surface area contributed by atoms with Gasteiger partial charge in [-0.3, -0.25) is 4.79 Å². The first-order valence-corrected chi connectivity index (χ1v) is 6.78. The van der Waals surface area contributed by atoms with Crippen molar-refractivity contribution in [2.75, 3.05) is 5.32 Å². The summed E-state index contributed by atoms with van der Waals surface area (Å²) >= 11 is 4.86. The minimum atomic E-state index is -0.110. The molecule has 17 heavy (non-hydrogen) atoms. The number of hydrogen-bond donors (Lipinski definition) is 1. The van der Waals surface area contributed by atoms with E-state index in [4.69, 9.17) is 0 Å². The Balaban J connectivity index is 2.22. The van der Waals surface area contributed by atoms with E-state index in [2.05, 4.69) is 26.2 Å². The van der Waals surface area contributed by atoms with Crippen LogP contribution in [0, 0.1) is 13.8 Å². The van der Waals surface area contributed by atoms with Crippen molar-refractivity contribution in [2.24, 2.45) is 0 Å². The fraction of sp³-hybridized carbons (Fsp3) is 0.167. The van der Waals surface area contributed by atoms with Crippen molar-refractivity contribution in [3.8, 4) is 0 Å². The van der Waals surface area contributed by atoms with Crippen LogP contribution in [0.15, 0.2) is 27.5 Å². The number of rotatable bonds is 2. The Morgan fingerprint density at radius 2 is 2.12 bits per heavy atom. The van der Waals surface area contributed by atoms with Crippen LogP contribution >= 0.6 is 27.3 Å². The number of amides is 1. The van der Waals surface area contributed by atoms with Crippen LogP contribution in [0.1, 0.15) is 21.5 Å². The van der Waals surface area contributed by atoms with Gasteiger partial charge in [-0.2, -0.15) is 11.3 Å². The van der Waals surface area contributed by atoms with Crippen LogP contribution in [0.4, 0.5) is 5.82 Å². The molecule has 1 N–H and O–H groups in total. The lowest BCUT2D eigenvalue weighted by molar-refractivity contribution is 0.102. The quantitative estimate of drug-likeness (QED) is 0.917. The molecule has 0 aliphatic heterocycles. The first-order chi connectivity index (χ1) is 8.08. The molecule has 2 rings (SSSR count). The van der Waals surface area contributed by atoms with Crippen LogP contribution in [0.5, 0.6) is 0 Å². The maximum Gasteiger partial charge on any atom is 0.257 e. The highest BCUT2D eigenvalue weighted by molar-refractivity contribution is 9.10. The summed E-state index contributed by atoms with van der Waals surface area (Å²) in [5, 5.41) is 6.62. The van der Waals surface area contributed by atoms with Gasteiger partial charge in [-0.25, -0.2) is 4.98 Å². The number of thiophene rings is 1. The lowest BCUT2D eigenvalue weighted by atomic mass is 10.2. The highest BCUT2D eigenvalue weighted by atomic mass is 79.9. The molecule has 1 amide bonds. The first-order valence-electron chi connectivity index (χ1n) is 5.04. The van der Waals surface area contributed by atoms with Crippen molar-refractivity contribution >= 4 is 39.0 Å². The molecule has 0 radical (unpaired) electrons. The van der Waals surface area contributed by atoms with Crippen molar-refractivity contribution in [1.29, 1.82) is 0 Å². The molecule has 0 unspecified atom stereocenters. The highest BCUT2D eigenvalue weighted by Crippen LogP contribution is 2.19. The molecule has 0 aliphatic rings. The van der Waals surface area contributed by atoms with Crippen LogP contribution in [0.2, 0.25) is 0 Å². The number of carbonyl (C=O) groups excluding carboxylic acids is 1. The highest BCUT2D eigenvalue weighted by Gasteiger charge is 2.11. The Kier molecular flexibility index (Phi) is 3.59. The normalized spacial score (nSPS) is 10.3. The Labute approximate surface area is 112 Å². The fourth-order valence-corrected chi connectivity index (χ4v) is 2.71. The summed E-state index contributed by atoms with van der Waals surface area (Å²) in [5.41, 5.74) is 2.63. The van der Waals surface area contributed by atoms with Crippen molar-refractivity contribution in [3.05, 3.63) is 44.2 Å². The van der Waals surface area contributed by atoms with E-state index in [1.807, 2.05) is 30.7 Å². The van der Waals surface area contributed by atoms with E-state index in [1.165, 1.54) is 11.3 Å². The molecular weight excluding hydrogens is 300 g/mol. The fourth-order valence-electron chi connectivity index (χ4n) is 1.44. The second-order valence-corrected chi connectivity index (χ2v) is 5.40. The zero-order valence-corrected chi connectivity index (χ0v) is 11.9. The summed E-state index contributed by atoms with van der Waals surface area (Å²) in [4.78, 5) is 16.2. The Hall–Kier alpha value is -1.20. The van der Waals surface area contributed by atoms with Gasteiger partial charge < -0.3 is 5.32 Å². The van der Waals surface area contributed by atoms with Gasteiger partial charge in [-0.15, -0.1) is 0 Å². The van der Waals surface area contributed by atoms with Crippen molar-refractivity contribution < 1.29 is 4.79 Å². The average molecular weight is 311 g/mol. The number of anilines is 1. The van der Waals surface area contributed by atoms with E-state index in [-0.39, 0.29) is 5.91 Å². The Morgan fingerprint density at radius 3 is 2.71 bits per heavy atom. The molecule has 2 heterocycles. The number of halogens is 1. The van der Waals surface area contributed by atoms with Gasteiger partial charge in [-0.05, 0) is 52.4 Å². The third-order valence-corrected chi connectivity index (χ3v) is 3.67. The summed E-state index contributed by atoms with van der Waals surface area (Å²) in [5.74, 6) is 0.491. The van der Waals surface area contributed by atoms with Crippen molar-refractivity contribution in [3.63, 3.8) is 0 Å². The minimum Gasteiger partial charge on any atom is -0.306 e. The van der Waals surface area contributed by atoms with Gasteiger partial charge in [0.05, 0.1) is 5.56 Å². The predicted molar refractivity (Wildman–Crippen MR) is 73.7 cm³/mol. The molecule has 0 fully saturated rings. The third kappa shape index (κ3) is 2.73. The van der Waals surface area contributed by atoms with Gasteiger partial charge >= 0.3 is 0 Å². The van der Waals surface area contributed by atoms with Gasteiger partial charge in [0.15, 0.2) is 0 Å². The number of nitrogens with zero attached hydrogens (tertiary/aromatic N) is 1. The number of aryl methyl sites for hydroxylation is 2. The molecule has 0 aliphatic carbocycles. The molecule has 2 aromatic rings. The molecule has 0 aromatic carbocycles. The van der Waals surface area contributed by atoms with E-state index in [0.717, 1.165) is 15.6 Å². The largest absolute Gasteiger partial charge is 0.306 e. The monoisotopic (exact) mass is 310 g/mol. The average Bonchev–Trinajstić information content (AvgIpc) is 2.68. The number of nitrogens with one attached hydrogen (secondary N) is 1. The second kappa shape index (κ2) is 4.98. The number of pyridine rings is 1. The lowest BCUT2D eigenvalue weighted by Crippen LogP contribution is -2.14. The van der Waals surface area contributed by atoms with E-state index >= 15 is 0 Å². The van der Waals surface area contributed by atoms with Crippen LogP contribution in [0.25, 0.3) is 0 Å². The molecule has 0 atom stereocenters. The topological polar surface area (TPSA) is 42.0 Å². The first kappa shape index (κ1) is 12.3. The molecule has 5 heteroatoms. The molecule has 0 saturated carbocycles. The maximum absolute atomic E-state index is 12.0. The Bertz CT molecular complexity index is 565. The van der Waals surface area contributed by atoms with Gasteiger partial charge in [-0.1, -0.05) is 0 Å². The number of hydrogen-bond acceptors (Lipinski definition) is 3. The molecule has 88 valence electrons. The van der Waals surface area contributed by atoms with E-state index in [1.54, 1.807) is 6.20 Å². The molecule has 2 aromatic heterocycles. The summed E-state index contributed by atoms with van der Waals surface area (Å²) in [6.45, 7) is 3.83. The standard InChI is InChI=1S/C12H11BrN2OS/c1-7-3-9(13)4-14-11(7)15-12(16)10-6-17-5-8(10)2/h3-6H,1-2H3,(H,14,15,16). The Morgan fingerprint density at radius 1 is 1.35 bits per heavy atom. The summed E-state index contributed by atoms with van der Waals surface area (Å²) in [6.07, 6.45) is 1.67. The van der Waals surface area contributed by atoms with Gasteiger partial charge in [0, 0.05) is 16.0 Å². The molecule has 0 spiro atoms. The van der Waals surface area contributed by atoms with Crippen LogP contribution in [-0.2, 0) is 0 Å². The molecule has 0 saturated heterocycles.